The quantitative estimate of drug-likeness (QED) is 0.488. The van der Waals surface area contributed by atoms with Gasteiger partial charge in [0, 0.05) is 18.3 Å². The minimum atomic E-state index is -4.85. The smallest absolute Gasteiger partial charge is 0.497 e. The minimum absolute atomic E-state index is 0.0459. The van der Waals surface area contributed by atoms with Gasteiger partial charge < -0.3 is 19.7 Å². The molecule has 1 saturated heterocycles. The first-order valence-corrected chi connectivity index (χ1v) is 10.5. The van der Waals surface area contributed by atoms with Crippen LogP contribution in [-0.4, -0.2) is 47.7 Å². The van der Waals surface area contributed by atoms with Gasteiger partial charge in [0.25, 0.3) is 11.8 Å². The third-order valence-corrected chi connectivity index (χ3v) is 5.16. The van der Waals surface area contributed by atoms with E-state index in [0.717, 1.165) is 17.0 Å². The fourth-order valence-corrected chi connectivity index (χ4v) is 3.52. The van der Waals surface area contributed by atoms with Crippen LogP contribution < -0.4 is 19.7 Å². The average Bonchev–Trinajstić information content (AvgIpc) is 3.11. The lowest BCUT2D eigenvalue weighted by Crippen LogP contribution is -2.32. The van der Waals surface area contributed by atoms with Crippen molar-refractivity contribution >= 4 is 29.4 Å². The Morgan fingerprint density at radius 2 is 1.69 bits per heavy atom. The standard InChI is InChI=1S/C24H19F3N4O5/c1-35-18-6-2-16(3-7-18)22(33)29-20-12-15(10-11-28-20)13-30-14-21(32)31(23(30)34)17-4-8-19(9-5-17)36-24(25,26)27/h2-12H,13-14H2,1H3,(H,28,29,33). The molecule has 1 aliphatic rings. The molecule has 3 aromatic rings. The summed E-state index contributed by atoms with van der Waals surface area (Å²) in [7, 11) is 1.52. The fourth-order valence-electron chi connectivity index (χ4n) is 3.52. The molecule has 1 fully saturated rings. The largest absolute Gasteiger partial charge is 0.573 e. The molecule has 4 amide bonds. The maximum atomic E-state index is 12.9. The summed E-state index contributed by atoms with van der Waals surface area (Å²) in [5.41, 5.74) is 1.11. The number of anilines is 2. The molecule has 2 heterocycles. The summed E-state index contributed by atoms with van der Waals surface area (Å²) in [5.74, 6) is -0.534. The lowest BCUT2D eigenvalue weighted by Gasteiger charge is -2.18. The molecule has 9 nitrogen and oxygen atoms in total. The predicted octanol–water partition coefficient (Wildman–Crippen LogP) is 4.21. The van der Waals surface area contributed by atoms with Crippen molar-refractivity contribution in [2.75, 3.05) is 23.9 Å². The number of halogens is 3. The van der Waals surface area contributed by atoms with Gasteiger partial charge in [0.1, 0.15) is 23.9 Å². The Hall–Kier alpha value is -4.61. The van der Waals surface area contributed by atoms with Crippen molar-refractivity contribution in [2.24, 2.45) is 0 Å². The van der Waals surface area contributed by atoms with Gasteiger partial charge in [0.15, 0.2) is 0 Å². The van der Waals surface area contributed by atoms with E-state index in [9.17, 15) is 27.6 Å². The van der Waals surface area contributed by atoms with Crippen LogP contribution in [0.5, 0.6) is 11.5 Å². The molecule has 0 unspecified atom stereocenters. The van der Waals surface area contributed by atoms with Gasteiger partial charge in [-0.1, -0.05) is 0 Å². The molecule has 36 heavy (non-hydrogen) atoms. The maximum absolute atomic E-state index is 12.9. The summed E-state index contributed by atoms with van der Waals surface area (Å²) >= 11 is 0. The van der Waals surface area contributed by atoms with Gasteiger partial charge in [0.05, 0.1) is 12.8 Å². The Balaban J connectivity index is 1.42. The Kier molecular flexibility index (Phi) is 6.77. The molecule has 0 spiro atoms. The number of urea groups is 1. The van der Waals surface area contributed by atoms with Crippen molar-refractivity contribution in [1.82, 2.24) is 9.88 Å². The zero-order valence-electron chi connectivity index (χ0n) is 18.8. The topological polar surface area (TPSA) is 101 Å². The number of aromatic nitrogens is 1. The molecule has 12 heteroatoms. The Morgan fingerprint density at radius 1 is 1.03 bits per heavy atom. The number of methoxy groups -OCH3 is 1. The lowest BCUT2D eigenvalue weighted by atomic mass is 10.2. The number of hydrogen-bond acceptors (Lipinski definition) is 6. The number of rotatable bonds is 7. The summed E-state index contributed by atoms with van der Waals surface area (Å²) < 4.78 is 46.0. The molecule has 0 saturated carbocycles. The maximum Gasteiger partial charge on any atom is 0.573 e. The predicted molar refractivity (Wildman–Crippen MR) is 122 cm³/mol. The Labute approximate surface area is 203 Å². The third-order valence-electron chi connectivity index (χ3n) is 5.16. The number of nitrogens with one attached hydrogen (secondary N) is 1. The van der Waals surface area contributed by atoms with E-state index in [0.29, 0.717) is 16.9 Å². The van der Waals surface area contributed by atoms with Crippen LogP contribution in [0.1, 0.15) is 15.9 Å². The van der Waals surface area contributed by atoms with Crippen molar-refractivity contribution in [3.8, 4) is 11.5 Å². The highest BCUT2D eigenvalue weighted by Gasteiger charge is 2.37. The number of carbonyl (C=O) groups is 3. The van der Waals surface area contributed by atoms with Crippen molar-refractivity contribution in [1.29, 1.82) is 0 Å². The molecule has 186 valence electrons. The van der Waals surface area contributed by atoms with E-state index >= 15 is 0 Å². The molecule has 1 aromatic heterocycles. The molecule has 0 bridgehead atoms. The number of ether oxygens (including phenoxy) is 2. The number of nitrogens with zero attached hydrogens (tertiary/aromatic N) is 3. The van der Waals surface area contributed by atoms with Gasteiger partial charge in [-0.3, -0.25) is 9.59 Å². The Bertz CT molecular complexity index is 1280. The van der Waals surface area contributed by atoms with Crippen LogP contribution in [0, 0.1) is 0 Å². The zero-order chi connectivity index (χ0) is 25.9. The minimum Gasteiger partial charge on any atom is -0.497 e. The number of amides is 4. The molecule has 2 aromatic carbocycles. The number of pyridine rings is 1. The van der Waals surface area contributed by atoms with Gasteiger partial charge in [0.2, 0.25) is 0 Å². The van der Waals surface area contributed by atoms with E-state index in [1.807, 2.05) is 0 Å². The van der Waals surface area contributed by atoms with Gasteiger partial charge in [-0.05, 0) is 66.2 Å². The number of hydrogen-bond donors (Lipinski definition) is 1. The molecular formula is C24H19F3N4O5. The van der Waals surface area contributed by atoms with Crippen LogP contribution in [0.3, 0.4) is 0 Å². The number of carbonyl (C=O) groups excluding carboxylic acids is 3. The van der Waals surface area contributed by atoms with Gasteiger partial charge in [-0.25, -0.2) is 14.7 Å². The molecule has 1 aliphatic heterocycles. The van der Waals surface area contributed by atoms with Crippen molar-refractivity contribution in [3.05, 3.63) is 78.0 Å². The summed E-state index contributed by atoms with van der Waals surface area (Å²) in [6.07, 6.45) is -3.40. The summed E-state index contributed by atoms with van der Waals surface area (Å²) in [6, 6.07) is 13.5. The molecule has 0 atom stereocenters. The second-order valence-electron chi connectivity index (χ2n) is 7.64. The van der Waals surface area contributed by atoms with Crippen LogP contribution in [0.15, 0.2) is 66.9 Å². The Morgan fingerprint density at radius 3 is 2.33 bits per heavy atom. The summed E-state index contributed by atoms with van der Waals surface area (Å²) in [6.45, 7) is -0.181. The molecule has 4 rings (SSSR count). The van der Waals surface area contributed by atoms with Gasteiger partial charge >= 0.3 is 12.4 Å². The highest BCUT2D eigenvalue weighted by molar-refractivity contribution is 6.19. The van der Waals surface area contributed by atoms with Crippen LogP contribution in [0.2, 0.25) is 0 Å². The zero-order valence-corrected chi connectivity index (χ0v) is 18.8. The first-order valence-electron chi connectivity index (χ1n) is 10.5. The number of benzene rings is 2. The summed E-state index contributed by atoms with van der Waals surface area (Å²) in [4.78, 5) is 44.1. The van der Waals surface area contributed by atoms with Gasteiger partial charge in [-0.15, -0.1) is 13.2 Å². The van der Waals surface area contributed by atoms with Crippen LogP contribution in [0.4, 0.5) is 29.5 Å². The molecular weight excluding hydrogens is 481 g/mol. The highest BCUT2D eigenvalue weighted by Crippen LogP contribution is 2.28. The summed E-state index contributed by atoms with van der Waals surface area (Å²) in [5, 5.41) is 2.67. The van der Waals surface area contributed by atoms with Crippen molar-refractivity contribution < 1.29 is 37.0 Å². The monoisotopic (exact) mass is 500 g/mol. The van der Waals surface area contributed by atoms with E-state index in [-0.39, 0.29) is 30.5 Å². The van der Waals surface area contributed by atoms with Gasteiger partial charge in [-0.2, -0.15) is 0 Å². The average molecular weight is 500 g/mol. The normalized spacial score (nSPS) is 13.7. The molecule has 0 aliphatic carbocycles. The van der Waals surface area contributed by atoms with Crippen LogP contribution >= 0.6 is 0 Å². The lowest BCUT2D eigenvalue weighted by molar-refractivity contribution is -0.274. The SMILES string of the molecule is COc1ccc(C(=O)Nc2cc(CN3CC(=O)N(c4ccc(OC(F)(F)F)cc4)C3=O)ccn2)cc1. The fraction of sp³-hybridized carbons (Fsp3) is 0.167. The van der Waals surface area contributed by atoms with Crippen LogP contribution in [-0.2, 0) is 11.3 Å². The first kappa shape index (κ1) is 24.5. The number of imide groups is 1. The number of alkyl halides is 3. The first-order chi connectivity index (χ1) is 17.1. The second kappa shape index (κ2) is 9.94. The van der Waals surface area contributed by atoms with Crippen LogP contribution in [0.25, 0.3) is 0 Å². The van der Waals surface area contributed by atoms with E-state index in [4.69, 9.17) is 4.74 Å². The van der Waals surface area contributed by atoms with E-state index in [2.05, 4.69) is 15.0 Å². The highest BCUT2D eigenvalue weighted by atomic mass is 19.4. The van der Waals surface area contributed by atoms with E-state index in [1.54, 1.807) is 36.4 Å². The van der Waals surface area contributed by atoms with Crippen molar-refractivity contribution in [3.63, 3.8) is 0 Å². The van der Waals surface area contributed by atoms with E-state index < -0.39 is 24.1 Å². The molecule has 1 N–H and O–H groups in total. The van der Waals surface area contributed by atoms with E-state index in [1.165, 1.54) is 30.3 Å². The second-order valence-corrected chi connectivity index (χ2v) is 7.64. The third kappa shape index (κ3) is 5.71. The van der Waals surface area contributed by atoms with Crippen molar-refractivity contribution in [2.45, 2.75) is 12.9 Å². The molecule has 0 radical (unpaired) electrons.